The van der Waals surface area contributed by atoms with Crippen LogP contribution in [0.15, 0.2) is 83.0 Å². The lowest BCUT2D eigenvalue weighted by Crippen LogP contribution is -2.34. The third kappa shape index (κ3) is 4.39. The third-order valence-electron chi connectivity index (χ3n) is 5.35. The van der Waals surface area contributed by atoms with Gasteiger partial charge in [0.15, 0.2) is 0 Å². The first-order chi connectivity index (χ1) is 15.9. The summed E-state index contributed by atoms with van der Waals surface area (Å²) in [7, 11) is 0. The summed E-state index contributed by atoms with van der Waals surface area (Å²) in [4.78, 5) is 30.2. The van der Waals surface area contributed by atoms with Crippen LogP contribution in [-0.2, 0) is 0 Å². The fraction of sp³-hybridized carbons (Fsp3) is 0.154. The van der Waals surface area contributed by atoms with Crippen LogP contribution in [0.3, 0.4) is 0 Å². The Morgan fingerprint density at radius 3 is 2.52 bits per heavy atom. The highest BCUT2D eigenvalue weighted by molar-refractivity contribution is 5.99. The molecule has 4 rings (SSSR count). The number of hydrogen-bond donors (Lipinski definition) is 1. The summed E-state index contributed by atoms with van der Waals surface area (Å²) >= 11 is 0. The average molecular weight is 442 g/mol. The lowest BCUT2D eigenvalue weighted by Gasteiger charge is -2.15. The van der Waals surface area contributed by atoms with Crippen LogP contribution in [0, 0.1) is 0 Å². The Morgan fingerprint density at radius 2 is 1.82 bits per heavy atom. The van der Waals surface area contributed by atoms with Crippen molar-refractivity contribution in [3.63, 3.8) is 0 Å². The van der Waals surface area contributed by atoms with E-state index in [-0.39, 0.29) is 17.0 Å². The molecule has 0 fully saturated rings. The maximum Gasteiger partial charge on any atom is 0.256 e. The van der Waals surface area contributed by atoms with E-state index in [9.17, 15) is 9.59 Å². The lowest BCUT2D eigenvalue weighted by molar-refractivity contribution is 0.0941. The number of pyridine rings is 2. The Bertz CT molecular complexity index is 1420. The number of hydrogen-bond acceptors (Lipinski definition) is 4. The zero-order chi connectivity index (χ0) is 23.5. The second-order valence-corrected chi connectivity index (χ2v) is 8.07. The SMILES string of the molecule is C/C(=N/[OH2+])c1ccc(-c2cccc(-n3cc(C(=O)NC(C)C)c(=O)c4cccnc43)c2)cc1. The molecule has 2 heterocycles. The molecular formula is C26H25N4O3+. The quantitative estimate of drug-likeness (QED) is 0.291. The van der Waals surface area contributed by atoms with Gasteiger partial charge in [-0.15, -0.1) is 0 Å². The summed E-state index contributed by atoms with van der Waals surface area (Å²) in [6.07, 6.45) is 3.19. The van der Waals surface area contributed by atoms with Gasteiger partial charge >= 0.3 is 0 Å². The first kappa shape index (κ1) is 22.0. The third-order valence-corrected chi connectivity index (χ3v) is 5.35. The van der Waals surface area contributed by atoms with Crippen molar-refractivity contribution >= 4 is 22.7 Å². The molecule has 33 heavy (non-hydrogen) atoms. The molecule has 0 unspecified atom stereocenters. The predicted molar refractivity (Wildman–Crippen MR) is 131 cm³/mol. The summed E-state index contributed by atoms with van der Waals surface area (Å²) in [6, 6.07) is 18.9. The van der Waals surface area contributed by atoms with Gasteiger partial charge in [0, 0.05) is 29.7 Å². The maximum absolute atomic E-state index is 13.0. The van der Waals surface area contributed by atoms with E-state index < -0.39 is 5.91 Å². The molecular weight excluding hydrogens is 416 g/mol. The minimum absolute atomic E-state index is 0.0733. The van der Waals surface area contributed by atoms with Crippen LogP contribution in [0.4, 0.5) is 0 Å². The molecule has 4 aromatic rings. The van der Waals surface area contributed by atoms with Crippen molar-refractivity contribution < 1.29 is 10.0 Å². The van der Waals surface area contributed by atoms with E-state index >= 15 is 0 Å². The summed E-state index contributed by atoms with van der Waals surface area (Å²) in [6.45, 7) is 5.50. The topological polar surface area (TPSA) is 99.2 Å². The standard InChI is InChI=1S/C26H24N4O3/c1-16(2)28-26(32)23-15-30(25-22(24(23)31)8-5-13-27-25)21-7-4-6-20(14-21)19-11-9-18(10-12-19)17(3)29-33/h4-16,33H,1-3H3,(H,28,32)/p+1/b29-17-. The molecule has 0 saturated heterocycles. The smallest absolute Gasteiger partial charge is 0.256 e. The number of benzene rings is 2. The molecule has 3 N–H and O–H groups in total. The van der Waals surface area contributed by atoms with E-state index in [4.69, 9.17) is 5.21 Å². The number of fused-ring (bicyclic) bond motifs is 1. The highest BCUT2D eigenvalue weighted by Gasteiger charge is 2.17. The Kier molecular flexibility index (Phi) is 6.04. The number of nitrogens with one attached hydrogen (secondary N) is 1. The zero-order valence-electron chi connectivity index (χ0n) is 18.7. The molecule has 0 aliphatic heterocycles. The lowest BCUT2D eigenvalue weighted by atomic mass is 10.0. The molecule has 166 valence electrons. The summed E-state index contributed by atoms with van der Waals surface area (Å²) < 4.78 is 1.78. The molecule has 0 atom stereocenters. The fourth-order valence-corrected chi connectivity index (χ4v) is 3.66. The van der Waals surface area contributed by atoms with Gasteiger partial charge in [0.25, 0.3) is 5.91 Å². The van der Waals surface area contributed by atoms with Gasteiger partial charge < -0.3 is 15.1 Å². The van der Waals surface area contributed by atoms with Gasteiger partial charge in [-0.25, -0.2) is 4.98 Å². The minimum atomic E-state index is -0.410. The van der Waals surface area contributed by atoms with Crippen LogP contribution >= 0.6 is 0 Å². The van der Waals surface area contributed by atoms with Crippen LogP contribution in [0.2, 0.25) is 0 Å². The molecule has 2 aromatic carbocycles. The maximum atomic E-state index is 13.0. The largest absolute Gasteiger partial charge is 0.469 e. The summed E-state index contributed by atoms with van der Waals surface area (Å²) in [5.41, 5.74) is 4.50. The number of rotatable bonds is 5. The number of carbonyl (C=O) groups is 1. The highest BCUT2D eigenvalue weighted by Crippen LogP contribution is 2.24. The van der Waals surface area contributed by atoms with Crippen LogP contribution < -0.4 is 10.7 Å². The van der Waals surface area contributed by atoms with Crippen molar-refractivity contribution in [3.8, 4) is 16.8 Å². The van der Waals surface area contributed by atoms with Gasteiger partial charge in [-0.1, -0.05) is 36.4 Å². The Morgan fingerprint density at radius 1 is 1.06 bits per heavy atom. The fourth-order valence-electron chi connectivity index (χ4n) is 3.66. The van der Waals surface area contributed by atoms with E-state index in [1.54, 1.807) is 36.0 Å². The van der Waals surface area contributed by atoms with Crippen molar-refractivity contribution in [1.29, 1.82) is 0 Å². The van der Waals surface area contributed by atoms with Crippen LogP contribution in [0.5, 0.6) is 0 Å². The first-order valence-corrected chi connectivity index (χ1v) is 10.6. The number of nitrogens with zero attached hydrogens (tertiary/aromatic N) is 3. The number of amides is 1. The summed E-state index contributed by atoms with van der Waals surface area (Å²) in [5.74, 6) is -0.410. The number of carbonyl (C=O) groups excluding carboxylic acids is 1. The predicted octanol–water partition coefficient (Wildman–Crippen LogP) is 3.64. The van der Waals surface area contributed by atoms with Crippen LogP contribution in [-0.4, -0.2) is 32.4 Å². The minimum Gasteiger partial charge on any atom is -0.469 e. The molecule has 7 heteroatoms. The molecule has 2 aromatic heterocycles. The van der Waals surface area contributed by atoms with Crippen LogP contribution in [0.1, 0.15) is 36.7 Å². The molecule has 0 saturated carbocycles. The Hall–Kier alpha value is -4.26. The van der Waals surface area contributed by atoms with E-state index in [0.29, 0.717) is 16.7 Å². The molecule has 7 nitrogen and oxygen atoms in total. The van der Waals surface area contributed by atoms with Crippen LogP contribution in [0.25, 0.3) is 27.8 Å². The van der Waals surface area contributed by atoms with Gasteiger partial charge in [0.05, 0.1) is 10.5 Å². The summed E-state index contributed by atoms with van der Waals surface area (Å²) in [5, 5.41) is 13.9. The molecule has 0 radical (unpaired) electrons. The van der Waals surface area contributed by atoms with Crippen molar-refractivity contribution in [2.75, 3.05) is 0 Å². The zero-order valence-corrected chi connectivity index (χ0v) is 18.7. The normalized spacial score (nSPS) is 11.7. The van der Waals surface area contributed by atoms with Gasteiger partial charge in [0.2, 0.25) is 5.43 Å². The van der Waals surface area contributed by atoms with Gasteiger partial charge in [-0.3, -0.25) is 9.59 Å². The van der Waals surface area contributed by atoms with Crippen molar-refractivity contribution in [2.24, 2.45) is 5.16 Å². The highest BCUT2D eigenvalue weighted by atomic mass is 16.4. The van der Waals surface area contributed by atoms with E-state index in [2.05, 4.69) is 15.5 Å². The second kappa shape index (κ2) is 9.08. The Labute approximate surface area is 191 Å². The molecule has 0 aliphatic rings. The van der Waals surface area contributed by atoms with Crippen molar-refractivity contribution in [1.82, 2.24) is 14.9 Å². The number of aromatic nitrogens is 2. The van der Waals surface area contributed by atoms with Gasteiger partial charge in [0.1, 0.15) is 16.9 Å². The monoisotopic (exact) mass is 441 g/mol. The molecule has 0 spiro atoms. The van der Waals surface area contributed by atoms with E-state index in [1.165, 1.54) is 0 Å². The van der Waals surface area contributed by atoms with E-state index in [0.717, 1.165) is 22.4 Å². The molecule has 0 aliphatic carbocycles. The van der Waals surface area contributed by atoms with Gasteiger partial charge in [-0.2, -0.15) is 0 Å². The molecule has 0 bridgehead atoms. The second-order valence-electron chi connectivity index (χ2n) is 8.07. The Balaban J connectivity index is 1.85. The molecule has 1 amide bonds. The van der Waals surface area contributed by atoms with Crippen molar-refractivity contribution in [3.05, 3.63) is 94.4 Å². The first-order valence-electron chi connectivity index (χ1n) is 10.6. The van der Waals surface area contributed by atoms with Gasteiger partial charge in [-0.05, 0) is 56.2 Å². The van der Waals surface area contributed by atoms with E-state index in [1.807, 2.05) is 62.4 Å². The average Bonchev–Trinajstić information content (AvgIpc) is 2.83. The van der Waals surface area contributed by atoms with Crippen molar-refractivity contribution in [2.45, 2.75) is 26.8 Å².